The topological polar surface area (TPSA) is 72.3 Å². The van der Waals surface area contributed by atoms with Gasteiger partial charge in [-0.1, -0.05) is 6.07 Å². The van der Waals surface area contributed by atoms with Crippen LogP contribution in [0.4, 0.5) is 0 Å². The molecule has 5 nitrogen and oxygen atoms in total. The minimum atomic E-state index is -1.11. The van der Waals surface area contributed by atoms with Crippen LogP contribution < -0.4 is 4.74 Å². The van der Waals surface area contributed by atoms with Crippen molar-refractivity contribution in [3.8, 4) is 11.6 Å². The number of benzene rings is 1. The lowest BCUT2D eigenvalue weighted by Gasteiger charge is -2.04. The van der Waals surface area contributed by atoms with Crippen LogP contribution >= 0.6 is 22.6 Å². The van der Waals surface area contributed by atoms with Gasteiger partial charge in [-0.25, -0.2) is 14.8 Å². The predicted molar refractivity (Wildman–Crippen MR) is 68.2 cm³/mol. The van der Waals surface area contributed by atoms with E-state index in [2.05, 4.69) is 32.6 Å². The first kappa shape index (κ1) is 11.8. The molecule has 17 heavy (non-hydrogen) atoms. The Bertz CT molecular complexity index is 543. The average molecular weight is 342 g/mol. The maximum Gasteiger partial charge on any atom is 0.356 e. The maximum absolute atomic E-state index is 10.6. The molecule has 0 atom stereocenters. The zero-order valence-electron chi connectivity index (χ0n) is 8.50. The van der Waals surface area contributed by atoms with E-state index >= 15 is 0 Å². The lowest BCUT2D eigenvalue weighted by atomic mass is 10.3. The van der Waals surface area contributed by atoms with Gasteiger partial charge in [-0.15, -0.1) is 0 Å². The highest BCUT2D eigenvalue weighted by atomic mass is 127. The minimum Gasteiger partial charge on any atom is -0.476 e. The smallest absolute Gasteiger partial charge is 0.356 e. The van der Waals surface area contributed by atoms with Gasteiger partial charge in [0.2, 0.25) is 5.88 Å². The summed E-state index contributed by atoms with van der Waals surface area (Å²) in [5.74, 6) is -0.218. The van der Waals surface area contributed by atoms with Crippen molar-refractivity contribution in [1.29, 1.82) is 0 Å². The molecular weight excluding hydrogens is 335 g/mol. The van der Waals surface area contributed by atoms with E-state index in [0.29, 0.717) is 5.75 Å². The molecule has 1 heterocycles. The Kier molecular flexibility index (Phi) is 3.52. The van der Waals surface area contributed by atoms with Crippen LogP contribution in [0, 0.1) is 3.57 Å². The summed E-state index contributed by atoms with van der Waals surface area (Å²) in [4.78, 5) is 18.1. The third kappa shape index (κ3) is 3.13. The van der Waals surface area contributed by atoms with Crippen LogP contribution in [0.3, 0.4) is 0 Å². The first-order chi connectivity index (χ1) is 8.15. The molecule has 0 spiro atoms. The Morgan fingerprint density at radius 2 is 2.12 bits per heavy atom. The van der Waals surface area contributed by atoms with Gasteiger partial charge in [0.1, 0.15) is 5.75 Å². The zero-order valence-corrected chi connectivity index (χ0v) is 10.7. The number of aromatic nitrogens is 2. The highest BCUT2D eigenvalue weighted by Gasteiger charge is 2.05. The van der Waals surface area contributed by atoms with Crippen molar-refractivity contribution in [2.24, 2.45) is 0 Å². The van der Waals surface area contributed by atoms with Gasteiger partial charge in [-0.2, -0.15) is 0 Å². The minimum absolute atomic E-state index is 0.111. The molecule has 2 rings (SSSR count). The summed E-state index contributed by atoms with van der Waals surface area (Å²) in [6.07, 6.45) is 2.44. The second-order valence-corrected chi connectivity index (χ2v) is 4.35. The fraction of sp³-hybridized carbons (Fsp3) is 0. The summed E-state index contributed by atoms with van der Waals surface area (Å²) in [7, 11) is 0. The van der Waals surface area contributed by atoms with Crippen LogP contribution in [0.5, 0.6) is 11.6 Å². The van der Waals surface area contributed by atoms with Crippen molar-refractivity contribution < 1.29 is 14.6 Å². The summed E-state index contributed by atoms with van der Waals surface area (Å²) in [5.41, 5.74) is -0.111. The summed E-state index contributed by atoms with van der Waals surface area (Å²) in [5, 5.41) is 8.66. The molecule has 0 aliphatic rings. The Morgan fingerprint density at radius 3 is 2.71 bits per heavy atom. The molecule has 1 N–H and O–H groups in total. The molecule has 6 heteroatoms. The quantitative estimate of drug-likeness (QED) is 0.868. The first-order valence-corrected chi connectivity index (χ1v) is 5.72. The molecule has 86 valence electrons. The standard InChI is InChI=1S/C11H7IN2O3/c12-7-2-1-3-8(4-7)17-10-6-13-9(5-14-10)11(15)16/h1-6H,(H,15,16). The Hall–Kier alpha value is -1.70. The van der Waals surface area contributed by atoms with E-state index in [4.69, 9.17) is 9.84 Å². The van der Waals surface area contributed by atoms with E-state index in [-0.39, 0.29) is 11.6 Å². The van der Waals surface area contributed by atoms with Crippen LogP contribution in [-0.2, 0) is 0 Å². The summed E-state index contributed by atoms with van der Waals surface area (Å²) in [6, 6.07) is 7.42. The summed E-state index contributed by atoms with van der Waals surface area (Å²) < 4.78 is 6.46. The van der Waals surface area contributed by atoms with E-state index in [1.54, 1.807) is 6.07 Å². The number of carbonyl (C=O) groups is 1. The van der Waals surface area contributed by atoms with Gasteiger partial charge in [0.15, 0.2) is 5.69 Å². The van der Waals surface area contributed by atoms with E-state index in [0.717, 1.165) is 9.77 Å². The molecular formula is C11H7IN2O3. The highest BCUT2D eigenvalue weighted by Crippen LogP contribution is 2.20. The number of nitrogens with zero attached hydrogens (tertiary/aromatic N) is 2. The number of ether oxygens (including phenoxy) is 1. The number of carboxylic acids is 1. The van der Waals surface area contributed by atoms with Crippen molar-refractivity contribution in [2.75, 3.05) is 0 Å². The van der Waals surface area contributed by atoms with Crippen molar-refractivity contribution in [3.05, 3.63) is 45.9 Å². The fourth-order valence-corrected chi connectivity index (χ4v) is 1.65. The molecule has 0 saturated heterocycles. The normalized spacial score (nSPS) is 9.94. The molecule has 0 fully saturated rings. The molecule has 1 aromatic carbocycles. The van der Waals surface area contributed by atoms with Crippen LogP contribution in [0.2, 0.25) is 0 Å². The van der Waals surface area contributed by atoms with Crippen LogP contribution in [0.15, 0.2) is 36.7 Å². The van der Waals surface area contributed by atoms with Gasteiger partial charge in [-0.3, -0.25) is 0 Å². The van der Waals surface area contributed by atoms with Gasteiger partial charge >= 0.3 is 5.97 Å². The van der Waals surface area contributed by atoms with Crippen LogP contribution in [-0.4, -0.2) is 21.0 Å². The fourth-order valence-electron chi connectivity index (χ4n) is 1.13. The molecule has 0 unspecified atom stereocenters. The van der Waals surface area contributed by atoms with Gasteiger partial charge < -0.3 is 9.84 Å². The monoisotopic (exact) mass is 342 g/mol. The van der Waals surface area contributed by atoms with E-state index < -0.39 is 5.97 Å². The molecule has 2 aromatic rings. The summed E-state index contributed by atoms with van der Waals surface area (Å²) >= 11 is 2.17. The molecule has 0 bridgehead atoms. The van der Waals surface area contributed by atoms with Crippen LogP contribution in [0.1, 0.15) is 10.5 Å². The Balaban J connectivity index is 2.16. The lowest BCUT2D eigenvalue weighted by Crippen LogP contribution is -2.01. The van der Waals surface area contributed by atoms with E-state index in [9.17, 15) is 4.79 Å². The van der Waals surface area contributed by atoms with Gasteiger partial charge in [-0.05, 0) is 40.8 Å². The SMILES string of the molecule is O=C(O)c1cnc(Oc2cccc(I)c2)cn1. The molecule has 0 aliphatic carbocycles. The number of carboxylic acid groups (broad SMARTS) is 1. The van der Waals surface area contributed by atoms with Crippen molar-refractivity contribution in [3.63, 3.8) is 0 Å². The number of rotatable bonds is 3. The third-order valence-electron chi connectivity index (χ3n) is 1.87. The number of hydrogen-bond acceptors (Lipinski definition) is 4. The third-order valence-corrected chi connectivity index (χ3v) is 2.54. The largest absolute Gasteiger partial charge is 0.476 e. The maximum atomic E-state index is 10.6. The molecule has 0 radical (unpaired) electrons. The van der Waals surface area contributed by atoms with Gasteiger partial charge in [0.25, 0.3) is 0 Å². The van der Waals surface area contributed by atoms with Crippen molar-refractivity contribution in [1.82, 2.24) is 9.97 Å². The lowest BCUT2D eigenvalue weighted by molar-refractivity contribution is 0.0690. The first-order valence-electron chi connectivity index (χ1n) is 4.64. The Labute approximate surface area is 111 Å². The van der Waals surface area contributed by atoms with E-state index in [1.807, 2.05) is 18.2 Å². The van der Waals surface area contributed by atoms with Gasteiger partial charge in [0.05, 0.1) is 12.4 Å². The van der Waals surface area contributed by atoms with Gasteiger partial charge in [0, 0.05) is 3.57 Å². The number of halogens is 1. The van der Waals surface area contributed by atoms with E-state index in [1.165, 1.54) is 6.20 Å². The van der Waals surface area contributed by atoms with Crippen molar-refractivity contribution in [2.45, 2.75) is 0 Å². The second-order valence-electron chi connectivity index (χ2n) is 3.10. The Morgan fingerprint density at radius 1 is 1.29 bits per heavy atom. The summed E-state index contributed by atoms with van der Waals surface area (Å²) in [6.45, 7) is 0. The predicted octanol–water partition coefficient (Wildman–Crippen LogP) is 2.57. The molecule has 0 aliphatic heterocycles. The molecule has 1 aromatic heterocycles. The average Bonchev–Trinajstić information content (AvgIpc) is 2.29. The number of aromatic carboxylic acids is 1. The van der Waals surface area contributed by atoms with Crippen LogP contribution in [0.25, 0.3) is 0 Å². The second kappa shape index (κ2) is 5.09. The number of hydrogen-bond donors (Lipinski definition) is 1. The zero-order chi connectivity index (χ0) is 12.3. The highest BCUT2D eigenvalue weighted by molar-refractivity contribution is 14.1. The molecule has 0 amide bonds. The molecule has 0 saturated carbocycles. The van der Waals surface area contributed by atoms with Crippen molar-refractivity contribution >= 4 is 28.6 Å².